The lowest BCUT2D eigenvalue weighted by molar-refractivity contribution is -0.0284. The Balaban J connectivity index is 1.40. The van der Waals surface area contributed by atoms with Gasteiger partial charge in [-0.05, 0) is 30.4 Å². The minimum absolute atomic E-state index is 0.220. The minimum Gasteiger partial charge on any atom is -0.374 e. The van der Waals surface area contributed by atoms with E-state index in [2.05, 4.69) is 70.5 Å². The van der Waals surface area contributed by atoms with Crippen LogP contribution in [0.4, 0.5) is 0 Å². The quantitative estimate of drug-likeness (QED) is 0.540. The molecule has 2 aliphatic rings. The SMILES string of the molecule is CN=C(NCC1CN(CC(C)C)CCO1)NCC(C)N1CCc2ccccc2C1. The normalized spacial score (nSPS) is 22.4. The van der Waals surface area contributed by atoms with E-state index in [-0.39, 0.29) is 6.10 Å². The third-order valence-electron chi connectivity index (χ3n) is 5.92. The molecule has 0 spiro atoms. The third kappa shape index (κ3) is 6.69. The summed E-state index contributed by atoms with van der Waals surface area (Å²) in [5.74, 6) is 1.55. The maximum atomic E-state index is 5.94. The summed E-state index contributed by atoms with van der Waals surface area (Å²) in [5.41, 5.74) is 2.97. The van der Waals surface area contributed by atoms with Crippen molar-refractivity contribution in [2.45, 2.75) is 45.9 Å². The molecule has 2 atom stereocenters. The van der Waals surface area contributed by atoms with E-state index in [0.29, 0.717) is 12.0 Å². The highest BCUT2D eigenvalue weighted by atomic mass is 16.5. The number of benzene rings is 1. The van der Waals surface area contributed by atoms with Gasteiger partial charge >= 0.3 is 0 Å². The van der Waals surface area contributed by atoms with Gasteiger partial charge in [0.1, 0.15) is 0 Å². The van der Waals surface area contributed by atoms with Gasteiger partial charge in [-0.25, -0.2) is 0 Å². The smallest absolute Gasteiger partial charge is 0.191 e. The van der Waals surface area contributed by atoms with Crippen LogP contribution < -0.4 is 10.6 Å². The molecule has 3 rings (SSSR count). The van der Waals surface area contributed by atoms with Crippen molar-refractivity contribution >= 4 is 5.96 Å². The second kappa shape index (κ2) is 11.0. The summed E-state index contributed by atoms with van der Waals surface area (Å²) in [6, 6.07) is 9.26. The second-order valence-corrected chi connectivity index (χ2v) is 8.82. The minimum atomic E-state index is 0.220. The number of nitrogens with one attached hydrogen (secondary N) is 2. The fourth-order valence-corrected chi connectivity index (χ4v) is 4.28. The largest absolute Gasteiger partial charge is 0.374 e. The molecule has 0 amide bonds. The number of hydrogen-bond acceptors (Lipinski definition) is 4. The highest BCUT2D eigenvalue weighted by Gasteiger charge is 2.22. The molecule has 0 aromatic heterocycles. The van der Waals surface area contributed by atoms with E-state index >= 15 is 0 Å². The first kappa shape index (κ1) is 22.1. The van der Waals surface area contributed by atoms with Crippen LogP contribution in [-0.4, -0.2) is 80.8 Å². The molecule has 29 heavy (non-hydrogen) atoms. The molecule has 0 saturated carbocycles. The summed E-state index contributed by atoms with van der Waals surface area (Å²) < 4.78 is 5.94. The second-order valence-electron chi connectivity index (χ2n) is 8.82. The Morgan fingerprint density at radius 2 is 1.97 bits per heavy atom. The van der Waals surface area contributed by atoms with Gasteiger partial charge in [0, 0.05) is 58.9 Å². The van der Waals surface area contributed by atoms with Gasteiger partial charge in [-0.1, -0.05) is 38.1 Å². The first-order chi connectivity index (χ1) is 14.0. The van der Waals surface area contributed by atoms with E-state index < -0.39 is 0 Å². The first-order valence-electron chi connectivity index (χ1n) is 11.1. The van der Waals surface area contributed by atoms with Crippen molar-refractivity contribution in [3.8, 4) is 0 Å². The highest BCUT2D eigenvalue weighted by molar-refractivity contribution is 5.79. The van der Waals surface area contributed by atoms with Gasteiger partial charge in [-0.3, -0.25) is 14.8 Å². The van der Waals surface area contributed by atoms with E-state index in [1.54, 1.807) is 0 Å². The number of morpholine rings is 1. The molecular weight excluding hydrogens is 362 g/mol. The molecule has 1 saturated heterocycles. The maximum absolute atomic E-state index is 5.94. The van der Waals surface area contributed by atoms with Crippen LogP contribution in [0.1, 0.15) is 31.9 Å². The van der Waals surface area contributed by atoms with Crippen LogP contribution in [0, 0.1) is 5.92 Å². The summed E-state index contributed by atoms with van der Waals surface area (Å²) in [5, 5.41) is 6.96. The number of rotatable bonds is 7. The van der Waals surface area contributed by atoms with Gasteiger partial charge in [-0.15, -0.1) is 0 Å². The Morgan fingerprint density at radius 3 is 2.72 bits per heavy atom. The van der Waals surface area contributed by atoms with Crippen LogP contribution in [0.5, 0.6) is 0 Å². The highest BCUT2D eigenvalue weighted by Crippen LogP contribution is 2.19. The molecule has 6 nitrogen and oxygen atoms in total. The zero-order valence-corrected chi connectivity index (χ0v) is 18.7. The molecule has 2 N–H and O–H groups in total. The predicted molar refractivity (Wildman–Crippen MR) is 120 cm³/mol. The summed E-state index contributed by atoms with van der Waals surface area (Å²) in [6.45, 7) is 14.7. The fraction of sp³-hybridized carbons (Fsp3) is 0.696. The molecule has 1 aromatic carbocycles. The van der Waals surface area contributed by atoms with Crippen LogP contribution in [0.25, 0.3) is 0 Å². The molecule has 0 aliphatic carbocycles. The van der Waals surface area contributed by atoms with E-state index in [9.17, 15) is 0 Å². The lowest BCUT2D eigenvalue weighted by Crippen LogP contribution is -2.51. The molecule has 2 aliphatic heterocycles. The van der Waals surface area contributed by atoms with Crippen molar-refractivity contribution < 1.29 is 4.74 Å². The monoisotopic (exact) mass is 401 g/mol. The molecule has 6 heteroatoms. The average molecular weight is 402 g/mol. The maximum Gasteiger partial charge on any atom is 0.191 e. The topological polar surface area (TPSA) is 52.1 Å². The Hall–Kier alpha value is -1.63. The van der Waals surface area contributed by atoms with Crippen molar-refractivity contribution in [2.24, 2.45) is 10.9 Å². The van der Waals surface area contributed by atoms with Gasteiger partial charge in [-0.2, -0.15) is 0 Å². The first-order valence-corrected chi connectivity index (χ1v) is 11.1. The van der Waals surface area contributed by atoms with Crippen molar-refractivity contribution in [3.63, 3.8) is 0 Å². The number of hydrogen-bond donors (Lipinski definition) is 2. The predicted octanol–water partition coefficient (Wildman–Crippen LogP) is 1.96. The van der Waals surface area contributed by atoms with E-state index in [1.165, 1.54) is 11.1 Å². The molecule has 2 heterocycles. The van der Waals surface area contributed by atoms with Gasteiger partial charge in [0.25, 0.3) is 0 Å². The van der Waals surface area contributed by atoms with E-state index in [1.807, 2.05) is 7.05 Å². The van der Waals surface area contributed by atoms with Gasteiger partial charge < -0.3 is 15.4 Å². The Bertz CT molecular complexity index is 662. The van der Waals surface area contributed by atoms with Crippen LogP contribution in [0.15, 0.2) is 29.3 Å². The van der Waals surface area contributed by atoms with Crippen molar-refractivity contribution in [1.82, 2.24) is 20.4 Å². The van der Waals surface area contributed by atoms with Crippen LogP contribution in [-0.2, 0) is 17.7 Å². The summed E-state index contributed by atoms with van der Waals surface area (Å²) in [7, 11) is 1.84. The molecule has 2 unspecified atom stereocenters. The Kier molecular flexibility index (Phi) is 8.33. The number of nitrogens with zero attached hydrogens (tertiary/aromatic N) is 3. The number of aliphatic imine (C=N–C) groups is 1. The van der Waals surface area contributed by atoms with Crippen LogP contribution >= 0.6 is 0 Å². The van der Waals surface area contributed by atoms with Crippen molar-refractivity contribution in [3.05, 3.63) is 35.4 Å². The van der Waals surface area contributed by atoms with Gasteiger partial charge in [0.15, 0.2) is 5.96 Å². The fourth-order valence-electron chi connectivity index (χ4n) is 4.28. The van der Waals surface area contributed by atoms with Gasteiger partial charge in [0.2, 0.25) is 0 Å². The van der Waals surface area contributed by atoms with Gasteiger partial charge in [0.05, 0.1) is 12.7 Å². The molecule has 0 bridgehead atoms. The van der Waals surface area contributed by atoms with E-state index in [0.717, 1.165) is 64.8 Å². The lowest BCUT2D eigenvalue weighted by Gasteiger charge is -2.35. The summed E-state index contributed by atoms with van der Waals surface area (Å²) in [4.78, 5) is 9.46. The Labute approximate surface area is 176 Å². The van der Waals surface area contributed by atoms with Crippen molar-refractivity contribution in [1.29, 1.82) is 0 Å². The van der Waals surface area contributed by atoms with E-state index in [4.69, 9.17) is 4.74 Å². The zero-order chi connectivity index (χ0) is 20.6. The number of guanidine groups is 1. The molecule has 162 valence electrons. The molecule has 0 radical (unpaired) electrons. The van der Waals surface area contributed by atoms with Crippen LogP contribution in [0.2, 0.25) is 0 Å². The molecular formula is C23H39N5O. The summed E-state index contributed by atoms with van der Waals surface area (Å²) in [6.07, 6.45) is 1.36. The number of ether oxygens (including phenoxy) is 1. The zero-order valence-electron chi connectivity index (χ0n) is 18.7. The summed E-state index contributed by atoms with van der Waals surface area (Å²) >= 11 is 0. The number of fused-ring (bicyclic) bond motifs is 1. The average Bonchev–Trinajstić information content (AvgIpc) is 2.73. The van der Waals surface area contributed by atoms with Crippen molar-refractivity contribution in [2.75, 3.05) is 52.9 Å². The third-order valence-corrected chi connectivity index (χ3v) is 5.92. The molecule has 1 aromatic rings. The lowest BCUT2D eigenvalue weighted by atomic mass is 9.99. The standard InChI is InChI=1S/C23H39N5O/c1-18(2)15-27-11-12-29-22(17-27)14-26-23(24-4)25-13-19(3)28-10-9-20-7-5-6-8-21(20)16-28/h5-8,18-19,22H,9-17H2,1-4H3,(H2,24,25,26). The van der Waals surface area contributed by atoms with Crippen LogP contribution in [0.3, 0.4) is 0 Å². The Morgan fingerprint density at radius 1 is 1.17 bits per heavy atom. The molecule has 1 fully saturated rings.